The summed E-state index contributed by atoms with van der Waals surface area (Å²) in [5, 5.41) is 7.64. The van der Waals surface area contributed by atoms with Crippen molar-refractivity contribution in [3.05, 3.63) is 46.6 Å². The first-order valence-corrected chi connectivity index (χ1v) is 4.26. The van der Waals surface area contributed by atoms with Crippen LogP contribution in [0.15, 0.2) is 41.0 Å². The molecule has 0 atom stereocenters. The van der Waals surface area contributed by atoms with Gasteiger partial charge in [-0.15, -0.1) is 0 Å². The lowest BCUT2D eigenvalue weighted by Gasteiger charge is -2.00. The van der Waals surface area contributed by atoms with E-state index in [1.807, 2.05) is 30.3 Å². The number of allylic oxidation sites excluding steroid dienone is 1. The SMILES string of the molecule is N=C(/C(Br)=C\N)c1ccccc1. The van der Waals surface area contributed by atoms with Gasteiger partial charge in [-0.25, -0.2) is 0 Å². The van der Waals surface area contributed by atoms with Crippen molar-refractivity contribution < 1.29 is 0 Å². The molecule has 0 heterocycles. The van der Waals surface area contributed by atoms with Crippen LogP contribution >= 0.6 is 15.9 Å². The minimum atomic E-state index is 0.401. The van der Waals surface area contributed by atoms with Gasteiger partial charge in [-0.3, -0.25) is 5.41 Å². The van der Waals surface area contributed by atoms with E-state index in [0.29, 0.717) is 10.2 Å². The number of rotatable bonds is 2. The Kier molecular flexibility index (Phi) is 3.05. The van der Waals surface area contributed by atoms with Crippen LogP contribution in [-0.2, 0) is 0 Å². The Morgan fingerprint density at radius 1 is 1.33 bits per heavy atom. The summed E-state index contributed by atoms with van der Waals surface area (Å²) in [6.07, 6.45) is 1.37. The number of hydrogen-bond donors (Lipinski definition) is 2. The summed E-state index contributed by atoms with van der Waals surface area (Å²) >= 11 is 3.19. The van der Waals surface area contributed by atoms with Crippen LogP contribution in [-0.4, -0.2) is 5.71 Å². The van der Waals surface area contributed by atoms with Crippen LogP contribution in [0, 0.1) is 5.41 Å². The fraction of sp³-hybridized carbons (Fsp3) is 0. The van der Waals surface area contributed by atoms with Gasteiger partial charge in [0.1, 0.15) is 0 Å². The molecule has 12 heavy (non-hydrogen) atoms. The summed E-state index contributed by atoms with van der Waals surface area (Å²) in [6, 6.07) is 9.43. The van der Waals surface area contributed by atoms with Gasteiger partial charge in [0, 0.05) is 11.8 Å². The van der Waals surface area contributed by atoms with E-state index < -0.39 is 0 Å². The first kappa shape index (κ1) is 9.00. The summed E-state index contributed by atoms with van der Waals surface area (Å²) in [6.45, 7) is 0. The molecule has 3 heteroatoms. The third-order valence-electron chi connectivity index (χ3n) is 1.45. The van der Waals surface area contributed by atoms with Gasteiger partial charge in [-0.1, -0.05) is 30.3 Å². The molecule has 0 fully saturated rings. The molecule has 0 amide bonds. The molecule has 0 bridgehead atoms. The van der Waals surface area contributed by atoms with E-state index in [-0.39, 0.29) is 0 Å². The first-order chi connectivity index (χ1) is 5.75. The Morgan fingerprint density at radius 3 is 2.42 bits per heavy atom. The zero-order chi connectivity index (χ0) is 8.97. The standard InChI is InChI=1S/C9H9BrN2/c10-8(6-11)9(12)7-4-2-1-3-5-7/h1-6,12H,11H2/b8-6+,12-9?. The van der Waals surface area contributed by atoms with Crippen molar-refractivity contribution in [3.8, 4) is 0 Å². The summed E-state index contributed by atoms with van der Waals surface area (Å²) in [5.74, 6) is 0. The molecule has 1 rings (SSSR count). The quantitative estimate of drug-likeness (QED) is 0.745. The topological polar surface area (TPSA) is 49.9 Å². The number of hydrogen-bond acceptors (Lipinski definition) is 2. The van der Waals surface area contributed by atoms with Gasteiger partial charge in [0.05, 0.1) is 10.2 Å². The molecule has 0 unspecified atom stereocenters. The van der Waals surface area contributed by atoms with Crippen LogP contribution < -0.4 is 5.73 Å². The molecule has 0 radical (unpaired) electrons. The van der Waals surface area contributed by atoms with Gasteiger partial charge in [0.2, 0.25) is 0 Å². The lowest BCUT2D eigenvalue weighted by molar-refractivity contribution is 1.47. The normalized spacial score (nSPS) is 11.2. The average Bonchev–Trinajstić information content (AvgIpc) is 2.17. The maximum absolute atomic E-state index is 7.64. The van der Waals surface area contributed by atoms with Crippen molar-refractivity contribution in [3.63, 3.8) is 0 Å². The number of nitrogens with one attached hydrogen (secondary N) is 1. The summed E-state index contributed by atoms with van der Waals surface area (Å²) in [7, 11) is 0. The fourth-order valence-electron chi connectivity index (χ4n) is 0.826. The van der Waals surface area contributed by atoms with E-state index in [1.54, 1.807) is 0 Å². The van der Waals surface area contributed by atoms with Crippen molar-refractivity contribution >= 4 is 21.6 Å². The molecule has 0 aliphatic rings. The Labute approximate surface area is 79.7 Å². The molecule has 0 aliphatic heterocycles. The van der Waals surface area contributed by atoms with E-state index >= 15 is 0 Å². The van der Waals surface area contributed by atoms with E-state index in [9.17, 15) is 0 Å². The molecule has 0 aromatic heterocycles. The van der Waals surface area contributed by atoms with Crippen LogP contribution in [0.3, 0.4) is 0 Å². The van der Waals surface area contributed by atoms with Crippen LogP contribution in [0.1, 0.15) is 5.56 Å². The van der Waals surface area contributed by atoms with Gasteiger partial charge in [-0.2, -0.15) is 0 Å². The summed E-state index contributed by atoms with van der Waals surface area (Å²) < 4.78 is 0.605. The average molecular weight is 225 g/mol. The third-order valence-corrected chi connectivity index (χ3v) is 2.11. The van der Waals surface area contributed by atoms with Crippen LogP contribution in [0.4, 0.5) is 0 Å². The number of nitrogens with two attached hydrogens (primary N) is 1. The Bertz CT molecular complexity index is 304. The highest BCUT2D eigenvalue weighted by atomic mass is 79.9. The largest absolute Gasteiger partial charge is 0.404 e. The zero-order valence-corrected chi connectivity index (χ0v) is 8.01. The lowest BCUT2D eigenvalue weighted by atomic mass is 10.1. The third kappa shape index (κ3) is 1.95. The molecule has 0 aliphatic carbocycles. The predicted molar refractivity (Wildman–Crippen MR) is 54.5 cm³/mol. The molecule has 0 saturated carbocycles. The molecular formula is C9H9BrN2. The van der Waals surface area contributed by atoms with Gasteiger partial charge in [0.15, 0.2) is 0 Å². The van der Waals surface area contributed by atoms with Gasteiger partial charge in [-0.05, 0) is 15.9 Å². The van der Waals surface area contributed by atoms with Crippen LogP contribution in [0.2, 0.25) is 0 Å². The Balaban J connectivity index is 2.94. The van der Waals surface area contributed by atoms with Gasteiger partial charge < -0.3 is 5.73 Å². The highest BCUT2D eigenvalue weighted by Gasteiger charge is 2.02. The molecular weight excluding hydrogens is 216 g/mol. The van der Waals surface area contributed by atoms with Crippen molar-refractivity contribution in [2.45, 2.75) is 0 Å². The van der Waals surface area contributed by atoms with Gasteiger partial charge >= 0.3 is 0 Å². The van der Waals surface area contributed by atoms with E-state index in [2.05, 4.69) is 15.9 Å². The van der Waals surface area contributed by atoms with Gasteiger partial charge in [0.25, 0.3) is 0 Å². The summed E-state index contributed by atoms with van der Waals surface area (Å²) in [5.41, 5.74) is 6.51. The van der Waals surface area contributed by atoms with Crippen molar-refractivity contribution in [2.75, 3.05) is 0 Å². The lowest BCUT2D eigenvalue weighted by Crippen LogP contribution is -1.99. The zero-order valence-electron chi connectivity index (χ0n) is 6.42. The molecule has 0 saturated heterocycles. The van der Waals surface area contributed by atoms with Crippen LogP contribution in [0.25, 0.3) is 0 Å². The van der Waals surface area contributed by atoms with E-state index in [4.69, 9.17) is 11.1 Å². The smallest absolute Gasteiger partial charge is 0.0768 e. The fourth-order valence-corrected chi connectivity index (χ4v) is 1.05. The highest BCUT2D eigenvalue weighted by molar-refractivity contribution is 9.12. The van der Waals surface area contributed by atoms with Crippen molar-refractivity contribution in [2.24, 2.45) is 5.73 Å². The predicted octanol–water partition coefficient (Wildman–Crippen LogP) is 2.25. The highest BCUT2D eigenvalue weighted by Crippen LogP contribution is 2.11. The second-order valence-electron chi connectivity index (χ2n) is 2.26. The Morgan fingerprint density at radius 2 is 1.92 bits per heavy atom. The van der Waals surface area contributed by atoms with E-state index in [0.717, 1.165) is 5.56 Å². The molecule has 62 valence electrons. The molecule has 2 nitrogen and oxygen atoms in total. The molecule has 1 aromatic carbocycles. The Hall–Kier alpha value is -1.09. The first-order valence-electron chi connectivity index (χ1n) is 3.47. The van der Waals surface area contributed by atoms with Crippen molar-refractivity contribution in [1.29, 1.82) is 5.41 Å². The molecule has 3 N–H and O–H groups in total. The van der Waals surface area contributed by atoms with Crippen LogP contribution in [0.5, 0.6) is 0 Å². The van der Waals surface area contributed by atoms with E-state index in [1.165, 1.54) is 6.20 Å². The number of benzene rings is 1. The maximum Gasteiger partial charge on any atom is 0.0768 e. The second kappa shape index (κ2) is 4.07. The monoisotopic (exact) mass is 224 g/mol. The second-order valence-corrected chi connectivity index (χ2v) is 3.11. The minimum Gasteiger partial charge on any atom is -0.404 e. The number of halogens is 1. The maximum atomic E-state index is 7.64. The summed E-state index contributed by atoms with van der Waals surface area (Å²) in [4.78, 5) is 0. The van der Waals surface area contributed by atoms with Crippen molar-refractivity contribution in [1.82, 2.24) is 0 Å². The minimum absolute atomic E-state index is 0.401. The molecule has 0 spiro atoms. The molecule has 1 aromatic rings.